The Morgan fingerprint density at radius 1 is 1.04 bits per heavy atom. The second kappa shape index (κ2) is 11.3. The third kappa shape index (κ3) is 5.57. The molecule has 224 valence electrons. The highest BCUT2D eigenvalue weighted by Crippen LogP contribution is 2.30. The zero-order chi connectivity index (χ0) is 31.9. The second-order valence-electron chi connectivity index (χ2n) is 10.2. The zero-order valence-corrected chi connectivity index (χ0v) is 24.7. The number of nitrogens with two attached hydrogens (primary N) is 1. The zero-order valence-electron chi connectivity index (χ0n) is 23.9. The van der Waals surface area contributed by atoms with Gasteiger partial charge in [0, 0.05) is 17.0 Å². The fraction of sp³-hybridized carbons (Fsp3) is 0.0625. The van der Waals surface area contributed by atoms with Crippen molar-refractivity contribution < 1.29 is 22.3 Å². The summed E-state index contributed by atoms with van der Waals surface area (Å²) < 4.78 is 49.5. The van der Waals surface area contributed by atoms with Crippen molar-refractivity contribution in [1.29, 1.82) is 5.26 Å². The van der Waals surface area contributed by atoms with Gasteiger partial charge < -0.3 is 15.5 Å². The van der Waals surface area contributed by atoms with Crippen LogP contribution in [0.15, 0.2) is 90.1 Å². The van der Waals surface area contributed by atoms with E-state index in [-0.39, 0.29) is 39.2 Å². The van der Waals surface area contributed by atoms with E-state index in [1.165, 1.54) is 53.5 Å². The quantitative estimate of drug-likeness (QED) is 0.180. The normalized spacial score (nSPS) is 11.3. The molecule has 0 spiro atoms. The molecule has 3 aromatic carbocycles. The second-order valence-corrected chi connectivity index (χ2v) is 11.9. The number of aromatic amines is 1. The predicted molar refractivity (Wildman–Crippen MR) is 165 cm³/mol. The molecule has 45 heavy (non-hydrogen) atoms. The minimum absolute atomic E-state index is 0.0343. The van der Waals surface area contributed by atoms with E-state index in [0.717, 1.165) is 0 Å². The molecule has 0 atom stereocenters. The van der Waals surface area contributed by atoms with Gasteiger partial charge in [0.15, 0.2) is 11.6 Å². The highest BCUT2D eigenvalue weighted by atomic mass is 32.2. The van der Waals surface area contributed by atoms with Crippen molar-refractivity contribution in [3.63, 3.8) is 0 Å². The number of hydrogen-bond acceptors (Lipinski definition) is 8. The Bertz CT molecular complexity index is 2290. The summed E-state index contributed by atoms with van der Waals surface area (Å²) in [5.41, 5.74) is 9.57. The minimum Gasteiger partial charge on any atom is -0.436 e. The number of nitrogen functional groups attached to an aromatic ring is 1. The van der Waals surface area contributed by atoms with Gasteiger partial charge in [-0.2, -0.15) is 10.4 Å². The van der Waals surface area contributed by atoms with E-state index in [1.807, 2.05) is 6.07 Å². The summed E-state index contributed by atoms with van der Waals surface area (Å²) in [4.78, 5) is 20.8. The molecule has 0 aliphatic heterocycles. The van der Waals surface area contributed by atoms with Gasteiger partial charge in [-0.1, -0.05) is 18.2 Å². The van der Waals surface area contributed by atoms with Crippen molar-refractivity contribution in [3.8, 4) is 23.4 Å². The number of nitriles is 1. The molecule has 0 aliphatic carbocycles. The molecule has 11 nitrogen and oxygen atoms in total. The molecular formula is C32H24FN7O4S. The van der Waals surface area contributed by atoms with Gasteiger partial charge in [0.25, 0.3) is 10.0 Å². The molecule has 0 aliphatic rings. The van der Waals surface area contributed by atoms with Crippen LogP contribution >= 0.6 is 0 Å². The van der Waals surface area contributed by atoms with Crippen LogP contribution in [0.25, 0.3) is 16.6 Å². The van der Waals surface area contributed by atoms with Gasteiger partial charge >= 0.3 is 0 Å². The predicted octanol–water partition coefficient (Wildman–Crippen LogP) is 5.78. The van der Waals surface area contributed by atoms with Gasteiger partial charge in [0.1, 0.15) is 5.82 Å². The number of aromatic nitrogens is 4. The molecular weight excluding hydrogens is 597 g/mol. The molecule has 0 fully saturated rings. The summed E-state index contributed by atoms with van der Waals surface area (Å²) in [7, 11) is -3.98. The van der Waals surface area contributed by atoms with E-state index in [1.54, 1.807) is 50.2 Å². The van der Waals surface area contributed by atoms with Crippen molar-refractivity contribution in [2.75, 3.05) is 10.5 Å². The summed E-state index contributed by atoms with van der Waals surface area (Å²) in [5, 5.41) is 14.1. The number of carbonyl (C=O) groups is 1. The lowest BCUT2D eigenvalue weighted by Crippen LogP contribution is -2.14. The lowest BCUT2D eigenvalue weighted by atomic mass is 10.1. The molecule has 6 rings (SSSR count). The van der Waals surface area contributed by atoms with Crippen LogP contribution in [0.5, 0.6) is 11.6 Å². The maximum Gasteiger partial charge on any atom is 0.261 e. The number of para-hydroxylation sites is 1. The number of ketones is 1. The smallest absolute Gasteiger partial charge is 0.261 e. The number of sulfonamides is 1. The fourth-order valence-corrected chi connectivity index (χ4v) is 5.94. The largest absolute Gasteiger partial charge is 0.436 e. The first kappa shape index (κ1) is 29.1. The average molecular weight is 622 g/mol. The number of aryl methyl sites for hydroxylation is 2. The molecule has 0 amide bonds. The van der Waals surface area contributed by atoms with Crippen molar-refractivity contribution in [2.45, 2.75) is 18.7 Å². The Balaban J connectivity index is 1.26. The maximum absolute atomic E-state index is 14.0. The Morgan fingerprint density at radius 2 is 1.84 bits per heavy atom. The van der Waals surface area contributed by atoms with Crippen LogP contribution in [0.2, 0.25) is 0 Å². The van der Waals surface area contributed by atoms with Gasteiger partial charge in [0.05, 0.1) is 51.6 Å². The molecule has 3 aromatic heterocycles. The number of ether oxygens (including phenoxy) is 1. The topological polar surface area (TPSA) is 169 Å². The van der Waals surface area contributed by atoms with Crippen LogP contribution < -0.4 is 15.2 Å². The first-order valence-corrected chi connectivity index (χ1v) is 15.0. The van der Waals surface area contributed by atoms with E-state index in [0.29, 0.717) is 33.4 Å². The molecule has 0 saturated heterocycles. The highest BCUT2D eigenvalue weighted by molar-refractivity contribution is 7.92. The van der Waals surface area contributed by atoms with Crippen molar-refractivity contribution in [3.05, 3.63) is 119 Å². The molecule has 6 aromatic rings. The van der Waals surface area contributed by atoms with Crippen molar-refractivity contribution in [1.82, 2.24) is 19.7 Å². The summed E-state index contributed by atoms with van der Waals surface area (Å²) >= 11 is 0. The van der Waals surface area contributed by atoms with Crippen LogP contribution in [0.4, 0.5) is 15.9 Å². The average Bonchev–Trinajstić information content (AvgIpc) is 3.61. The van der Waals surface area contributed by atoms with Crippen LogP contribution in [-0.4, -0.2) is 33.9 Å². The van der Waals surface area contributed by atoms with Gasteiger partial charge in [-0.15, -0.1) is 0 Å². The fourth-order valence-electron chi connectivity index (χ4n) is 4.77. The summed E-state index contributed by atoms with van der Waals surface area (Å²) in [6.07, 6.45) is 2.82. The van der Waals surface area contributed by atoms with Crippen LogP contribution in [0.3, 0.4) is 0 Å². The number of pyridine rings is 1. The van der Waals surface area contributed by atoms with Gasteiger partial charge in [-0.05, 0) is 73.5 Å². The van der Waals surface area contributed by atoms with Crippen LogP contribution in [-0.2, 0) is 10.0 Å². The van der Waals surface area contributed by atoms with Gasteiger partial charge in [0.2, 0.25) is 11.7 Å². The molecule has 0 radical (unpaired) electrons. The van der Waals surface area contributed by atoms with Gasteiger partial charge in [-0.3, -0.25) is 9.52 Å². The molecule has 0 unspecified atom stereocenters. The van der Waals surface area contributed by atoms with Crippen LogP contribution in [0.1, 0.15) is 32.7 Å². The monoisotopic (exact) mass is 621 g/mol. The summed E-state index contributed by atoms with van der Waals surface area (Å²) in [6, 6.07) is 20.2. The third-order valence-electron chi connectivity index (χ3n) is 7.12. The van der Waals surface area contributed by atoms with Gasteiger partial charge in [-0.25, -0.2) is 22.5 Å². The Labute approximate surface area is 256 Å². The molecule has 13 heteroatoms. The number of nitrogens with one attached hydrogen (secondary N) is 2. The Kier molecular flexibility index (Phi) is 7.27. The molecule has 0 saturated carbocycles. The Morgan fingerprint density at radius 3 is 2.60 bits per heavy atom. The van der Waals surface area contributed by atoms with E-state index >= 15 is 0 Å². The molecule has 3 heterocycles. The number of halogens is 1. The summed E-state index contributed by atoms with van der Waals surface area (Å²) in [5.74, 6) is -0.655. The minimum atomic E-state index is -3.98. The standard InChI is InChI=1S/C32H24FN7O4S/c1-18-10-21-13-27(38-26(21)14-25(18)39-45(42,43)22-7-5-6-20(12-22)15-34)31(41)23-16-37-40(32(23)35)28-17-36-30(11-19(28)2)44-29-9-4-3-8-24(29)33/h3-14,16-17,38-39H,35H2,1-2H3. The number of hydrogen-bond donors (Lipinski definition) is 3. The maximum atomic E-state index is 14.0. The lowest BCUT2D eigenvalue weighted by Gasteiger charge is -2.11. The van der Waals surface area contributed by atoms with Crippen molar-refractivity contribution >= 4 is 38.2 Å². The number of carbonyl (C=O) groups excluding carboxylic acids is 1. The first-order valence-electron chi connectivity index (χ1n) is 13.5. The number of rotatable bonds is 8. The first-order chi connectivity index (χ1) is 21.5. The van der Waals surface area contributed by atoms with E-state index in [4.69, 9.17) is 15.7 Å². The van der Waals surface area contributed by atoms with E-state index in [9.17, 15) is 17.6 Å². The van der Waals surface area contributed by atoms with Crippen molar-refractivity contribution in [2.24, 2.45) is 0 Å². The third-order valence-corrected chi connectivity index (χ3v) is 8.48. The lowest BCUT2D eigenvalue weighted by molar-refractivity contribution is 0.103. The van der Waals surface area contributed by atoms with E-state index in [2.05, 4.69) is 19.8 Å². The van der Waals surface area contributed by atoms with E-state index < -0.39 is 21.6 Å². The number of benzene rings is 3. The van der Waals surface area contributed by atoms with Crippen LogP contribution in [0, 0.1) is 31.0 Å². The molecule has 4 N–H and O–H groups in total. The number of H-pyrrole nitrogens is 1. The SMILES string of the molecule is Cc1cc2cc(C(=O)c3cnn(-c4cnc(Oc5ccccc5F)cc4C)c3N)[nH]c2cc1NS(=O)(=O)c1cccc(C#N)c1. The Hall–Kier alpha value is -6.00. The number of nitrogens with zero attached hydrogens (tertiary/aromatic N) is 4. The number of fused-ring (bicyclic) bond motifs is 1. The number of anilines is 2. The molecule has 0 bridgehead atoms. The highest BCUT2D eigenvalue weighted by Gasteiger charge is 2.22. The summed E-state index contributed by atoms with van der Waals surface area (Å²) in [6.45, 7) is 3.52.